The number of nitrogens with one attached hydrogen (secondary N) is 2. The fourth-order valence-corrected chi connectivity index (χ4v) is 8.04. The first-order chi connectivity index (χ1) is 27.8. The highest BCUT2D eigenvalue weighted by molar-refractivity contribution is 6.02. The molecule has 3 aliphatic rings. The maximum atomic E-state index is 13.8. The van der Waals surface area contributed by atoms with Crippen LogP contribution in [0.2, 0.25) is 0 Å². The van der Waals surface area contributed by atoms with Crippen LogP contribution in [0.3, 0.4) is 0 Å². The highest BCUT2D eigenvalue weighted by atomic mass is 16.5. The Morgan fingerprint density at radius 1 is 0.793 bits per heavy atom. The number of rotatable bonds is 13. The molecule has 5 heterocycles. The van der Waals surface area contributed by atoms with E-state index in [1.165, 1.54) is 14.2 Å². The van der Waals surface area contributed by atoms with Gasteiger partial charge in [-0.3, -0.25) is 19.4 Å². The molecule has 0 fully saturated rings. The topological polar surface area (TPSA) is 203 Å². The lowest BCUT2D eigenvalue weighted by Gasteiger charge is -2.36. The summed E-state index contributed by atoms with van der Waals surface area (Å²) in [5.74, 6) is -3.38. The van der Waals surface area contributed by atoms with Crippen molar-refractivity contribution in [2.75, 3.05) is 40.6 Å². The summed E-state index contributed by atoms with van der Waals surface area (Å²) in [7, 11) is 2.53. The number of esters is 4. The Morgan fingerprint density at radius 2 is 1.43 bits per heavy atom. The van der Waals surface area contributed by atoms with Crippen molar-refractivity contribution in [3.8, 4) is 0 Å². The molecule has 4 N–H and O–H groups in total. The van der Waals surface area contributed by atoms with Gasteiger partial charge >= 0.3 is 23.9 Å². The quantitative estimate of drug-likeness (QED) is 0.125. The van der Waals surface area contributed by atoms with Crippen molar-refractivity contribution in [1.82, 2.24) is 19.9 Å². The molecule has 58 heavy (non-hydrogen) atoms. The molecule has 14 nitrogen and oxygen atoms in total. The Kier molecular flexibility index (Phi) is 12.3. The lowest BCUT2D eigenvalue weighted by atomic mass is 9.64. The fourth-order valence-electron chi connectivity index (χ4n) is 8.04. The van der Waals surface area contributed by atoms with E-state index in [1.54, 1.807) is 24.3 Å². The molecular weight excluding hydrogens is 745 g/mol. The minimum absolute atomic E-state index is 0.00784. The molecule has 6 rings (SSSR count). The molecule has 0 amide bonds. The number of H-pyrrole nitrogens is 2. The van der Waals surface area contributed by atoms with Gasteiger partial charge in [0.05, 0.1) is 61.2 Å². The number of allylic oxidation sites excluding steroid dienone is 5. The minimum atomic E-state index is -1.21. The van der Waals surface area contributed by atoms with E-state index in [-0.39, 0.29) is 51.3 Å². The molecule has 0 radical (unpaired) electrons. The summed E-state index contributed by atoms with van der Waals surface area (Å²) in [4.78, 5) is 69.7. The van der Waals surface area contributed by atoms with Crippen LogP contribution >= 0.6 is 0 Å². The Balaban J connectivity index is 1.70. The van der Waals surface area contributed by atoms with Crippen LogP contribution in [0.4, 0.5) is 0 Å². The molecule has 304 valence electrons. The third-order valence-corrected chi connectivity index (χ3v) is 11.2. The van der Waals surface area contributed by atoms with Crippen LogP contribution < -0.4 is 0 Å². The average molecular weight is 793 g/mol. The van der Waals surface area contributed by atoms with Crippen molar-refractivity contribution in [3.05, 3.63) is 93.6 Å². The van der Waals surface area contributed by atoms with Crippen LogP contribution in [0.25, 0.3) is 44.9 Å². The molecule has 3 aromatic rings. The summed E-state index contributed by atoms with van der Waals surface area (Å²) >= 11 is 0. The SMILES string of the molecule is C=Cc1c(C)c2cc3nc(cc4nc(cc5[nH]c(cc1[nH]2)c(C)c5CCC(=O)OCCO)C(CCC(=O)OCCO)=C4C)C1(C)C3=CC=C(C(=O)OC)C1C(=O)OC. The summed E-state index contributed by atoms with van der Waals surface area (Å²) < 4.78 is 20.8. The molecule has 0 spiro atoms. The number of ether oxygens (including phenoxy) is 4. The Morgan fingerprint density at radius 3 is 2.07 bits per heavy atom. The molecule has 2 aliphatic heterocycles. The highest BCUT2D eigenvalue weighted by Gasteiger charge is 2.53. The zero-order chi connectivity index (χ0) is 41.9. The van der Waals surface area contributed by atoms with Crippen LogP contribution in [0, 0.1) is 19.8 Å². The lowest BCUT2D eigenvalue weighted by Crippen LogP contribution is -2.42. The zero-order valence-electron chi connectivity index (χ0n) is 33.5. The van der Waals surface area contributed by atoms with Crippen molar-refractivity contribution in [3.63, 3.8) is 0 Å². The van der Waals surface area contributed by atoms with E-state index in [1.807, 2.05) is 45.9 Å². The molecule has 14 heteroatoms. The van der Waals surface area contributed by atoms with Gasteiger partial charge < -0.3 is 39.1 Å². The number of carbonyl (C=O) groups is 4. The highest BCUT2D eigenvalue weighted by Crippen LogP contribution is 2.52. The van der Waals surface area contributed by atoms with Gasteiger partial charge in [0, 0.05) is 40.5 Å². The van der Waals surface area contributed by atoms with Gasteiger partial charge in [-0.05, 0) is 98.2 Å². The summed E-state index contributed by atoms with van der Waals surface area (Å²) in [5.41, 5.74) is 9.61. The van der Waals surface area contributed by atoms with Gasteiger partial charge in [-0.15, -0.1) is 0 Å². The van der Waals surface area contributed by atoms with Gasteiger partial charge in [-0.2, -0.15) is 0 Å². The van der Waals surface area contributed by atoms with E-state index in [4.69, 9.17) is 28.9 Å². The first-order valence-corrected chi connectivity index (χ1v) is 19.0. The number of hydrogen-bond acceptors (Lipinski definition) is 12. The second-order valence-electron chi connectivity index (χ2n) is 14.4. The second kappa shape index (κ2) is 17.2. The monoisotopic (exact) mass is 792 g/mol. The van der Waals surface area contributed by atoms with Crippen molar-refractivity contribution in [2.45, 2.75) is 58.8 Å². The summed E-state index contributed by atoms with van der Waals surface area (Å²) in [6, 6.07) is 7.57. The van der Waals surface area contributed by atoms with Crippen molar-refractivity contribution < 1.29 is 48.3 Å². The maximum Gasteiger partial charge on any atom is 0.334 e. The van der Waals surface area contributed by atoms with Crippen molar-refractivity contribution in [2.24, 2.45) is 5.92 Å². The predicted molar refractivity (Wildman–Crippen MR) is 218 cm³/mol. The third-order valence-electron chi connectivity index (χ3n) is 11.2. The van der Waals surface area contributed by atoms with Crippen LogP contribution in [0.1, 0.15) is 78.1 Å². The smallest absolute Gasteiger partial charge is 0.334 e. The van der Waals surface area contributed by atoms with Crippen LogP contribution in [0.15, 0.2) is 48.6 Å². The minimum Gasteiger partial charge on any atom is -0.469 e. The number of aliphatic hydroxyl groups is 2. The second-order valence-corrected chi connectivity index (χ2v) is 14.4. The lowest BCUT2D eigenvalue weighted by molar-refractivity contribution is -0.149. The molecule has 0 saturated carbocycles. The van der Waals surface area contributed by atoms with Gasteiger partial charge in [0.1, 0.15) is 19.1 Å². The molecule has 2 unspecified atom stereocenters. The first-order valence-electron chi connectivity index (χ1n) is 19.0. The molecule has 8 bridgehead atoms. The molecule has 0 saturated heterocycles. The maximum absolute atomic E-state index is 13.8. The third kappa shape index (κ3) is 7.64. The molecule has 1 aliphatic carbocycles. The number of aromatic nitrogens is 4. The summed E-state index contributed by atoms with van der Waals surface area (Å²) in [5, 5.41) is 18.4. The summed E-state index contributed by atoms with van der Waals surface area (Å²) in [6.07, 6.45) is 5.77. The van der Waals surface area contributed by atoms with E-state index in [9.17, 15) is 29.4 Å². The van der Waals surface area contributed by atoms with Gasteiger partial charge in [0.15, 0.2) is 0 Å². The first kappa shape index (κ1) is 41.5. The normalized spacial score (nSPS) is 17.2. The molecule has 0 aromatic carbocycles. The molecule has 2 atom stereocenters. The number of nitrogens with zero attached hydrogens (tertiary/aromatic N) is 2. The van der Waals surface area contributed by atoms with E-state index in [2.05, 4.69) is 16.5 Å². The van der Waals surface area contributed by atoms with Gasteiger partial charge in [0.25, 0.3) is 0 Å². The number of carbonyl (C=O) groups excluding carboxylic acids is 4. The Hall–Kier alpha value is -6.12. The average Bonchev–Trinajstić information content (AvgIpc) is 3.87. The largest absolute Gasteiger partial charge is 0.469 e. The van der Waals surface area contributed by atoms with Crippen LogP contribution in [0.5, 0.6) is 0 Å². The number of methoxy groups -OCH3 is 2. The zero-order valence-corrected chi connectivity index (χ0v) is 33.5. The van der Waals surface area contributed by atoms with Crippen molar-refractivity contribution in [1.29, 1.82) is 0 Å². The fraction of sp³-hybridized carbons (Fsp3) is 0.364. The predicted octanol–water partition coefficient (Wildman–Crippen LogP) is 5.53. The van der Waals surface area contributed by atoms with Gasteiger partial charge in [-0.25, -0.2) is 9.78 Å². The number of aryl methyl sites for hydroxylation is 3. The standard InChI is InChI=1S/C44H48N4O10/c1-8-26-23(2)32-20-37-30-12-9-29(42(53)55-6)41(43(54)56-7)44(30,5)38(48-37)22-33-25(4)28(11-14-40(52)58-18-16-50)36(47-33)21-35-27(10-13-39(51)57-17-15-49)24(3)31(46-35)19-34(26)45-32/h8-9,12,19-22,41,45-46,49-50H,1,10-11,13-18H2,2-7H3. The number of hydrogen-bond donors (Lipinski definition) is 4. The number of fused-ring (bicyclic) bond motifs is 11. The van der Waals surface area contributed by atoms with E-state index < -0.39 is 35.2 Å². The summed E-state index contributed by atoms with van der Waals surface area (Å²) in [6.45, 7) is 11.0. The number of aliphatic hydroxyl groups excluding tert-OH is 2. The van der Waals surface area contributed by atoms with Gasteiger partial charge in [-0.1, -0.05) is 24.8 Å². The Bertz CT molecular complexity index is 2470. The number of aromatic amines is 2. The van der Waals surface area contributed by atoms with Gasteiger partial charge in [0.2, 0.25) is 0 Å². The van der Waals surface area contributed by atoms with E-state index in [0.717, 1.165) is 50.0 Å². The Labute approximate surface area is 335 Å². The van der Waals surface area contributed by atoms with Crippen molar-refractivity contribution >= 4 is 68.7 Å². The molecule has 3 aromatic heterocycles. The van der Waals surface area contributed by atoms with Crippen LogP contribution in [-0.2, 0) is 50.0 Å². The van der Waals surface area contributed by atoms with Crippen LogP contribution in [-0.4, -0.2) is 94.7 Å². The molecular formula is C44H48N4O10. The van der Waals surface area contributed by atoms with E-state index >= 15 is 0 Å². The van der Waals surface area contributed by atoms with E-state index in [0.29, 0.717) is 40.3 Å².